The number of methoxy groups -OCH3 is 1. The molecule has 0 unspecified atom stereocenters. The Morgan fingerprint density at radius 2 is 2.18 bits per heavy atom. The molecule has 3 nitrogen and oxygen atoms in total. The van der Waals surface area contributed by atoms with E-state index in [9.17, 15) is 9.50 Å². The normalized spacial score (nSPS) is 19.5. The number of nitrogens with two attached hydrogens (primary N) is 1. The second kappa shape index (κ2) is 5.02. The number of rotatable bonds is 4. The molecule has 1 aromatic carbocycles. The number of aliphatic hydroxyl groups excluding tert-OH is 1. The first kappa shape index (κ1) is 12.3. The van der Waals surface area contributed by atoms with E-state index in [0.717, 1.165) is 19.3 Å². The van der Waals surface area contributed by atoms with Gasteiger partial charge in [0.05, 0.1) is 19.3 Å². The predicted molar refractivity (Wildman–Crippen MR) is 63.2 cm³/mol. The van der Waals surface area contributed by atoms with Crippen molar-refractivity contribution in [3.8, 4) is 5.75 Å². The van der Waals surface area contributed by atoms with Crippen LogP contribution in [0.4, 0.5) is 4.39 Å². The van der Waals surface area contributed by atoms with E-state index < -0.39 is 18.0 Å². The highest BCUT2D eigenvalue weighted by molar-refractivity contribution is 5.37. The van der Waals surface area contributed by atoms with E-state index in [2.05, 4.69) is 0 Å². The molecule has 0 bridgehead atoms. The molecule has 3 N–H and O–H groups in total. The number of hydrogen-bond acceptors (Lipinski definition) is 3. The molecule has 1 aliphatic carbocycles. The molecule has 1 aliphatic rings. The van der Waals surface area contributed by atoms with E-state index in [1.54, 1.807) is 12.1 Å². The highest BCUT2D eigenvalue weighted by Crippen LogP contribution is 2.37. The third kappa shape index (κ3) is 2.28. The van der Waals surface area contributed by atoms with Crippen molar-refractivity contribution >= 4 is 0 Å². The minimum absolute atomic E-state index is 0.189. The SMILES string of the molecule is COc1cccc(F)c1[C@H](N)[C@H](O)C1CCC1. The van der Waals surface area contributed by atoms with Gasteiger partial charge in [-0.2, -0.15) is 0 Å². The smallest absolute Gasteiger partial charge is 0.131 e. The molecule has 1 aromatic rings. The van der Waals surface area contributed by atoms with Crippen molar-refractivity contribution in [1.29, 1.82) is 0 Å². The van der Waals surface area contributed by atoms with Gasteiger partial charge >= 0.3 is 0 Å². The Labute approximate surface area is 100 Å². The van der Waals surface area contributed by atoms with Gasteiger partial charge < -0.3 is 15.6 Å². The summed E-state index contributed by atoms with van der Waals surface area (Å²) in [6.45, 7) is 0. The van der Waals surface area contributed by atoms with Gasteiger partial charge in [0, 0.05) is 5.56 Å². The molecular formula is C13H18FNO2. The monoisotopic (exact) mass is 239 g/mol. The fourth-order valence-electron chi connectivity index (χ4n) is 2.26. The summed E-state index contributed by atoms with van der Waals surface area (Å²) < 4.78 is 18.9. The van der Waals surface area contributed by atoms with Crippen LogP contribution in [0.15, 0.2) is 18.2 Å². The molecule has 0 spiro atoms. The molecule has 4 heteroatoms. The van der Waals surface area contributed by atoms with Gasteiger partial charge in [0.25, 0.3) is 0 Å². The quantitative estimate of drug-likeness (QED) is 0.845. The van der Waals surface area contributed by atoms with Gasteiger partial charge in [-0.25, -0.2) is 4.39 Å². The fourth-order valence-corrected chi connectivity index (χ4v) is 2.26. The molecule has 0 radical (unpaired) electrons. The van der Waals surface area contributed by atoms with Crippen molar-refractivity contribution in [2.75, 3.05) is 7.11 Å². The van der Waals surface area contributed by atoms with Gasteiger partial charge in [0.1, 0.15) is 11.6 Å². The lowest BCUT2D eigenvalue weighted by Gasteiger charge is -2.34. The molecule has 0 aliphatic heterocycles. The summed E-state index contributed by atoms with van der Waals surface area (Å²) in [6.07, 6.45) is 2.34. The third-order valence-electron chi connectivity index (χ3n) is 3.57. The molecule has 1 saturated carbocycles. The number of aliphatic hydroxyl groups is 1. The Morgan fingerprint density at radius 3 is 2.71 bits per heavy atom. The van der Waals surface area contributed by atoms with Crippen molar-refractivity contribution in [1.82, 2.24) is 0 Å². The van der Waals surface area contributed by atoms with E-state index >= 15 is 0 Å². The summed E-state index contributed by atoms with van der Waals surface area (Å²) in [5.41, 5.74) is 6.23. The maximum absolute atomic E-state index is 13.8. The molecule has 2 atom stereocenters. The zero-order valence-electron chi connectivity index (χ0n) is 9.90. The fraction of sp³-hybridized carbons (Fsp3) is 0.538. The van der Waals surface area contributed by atoms with Crippen LogP contribution in [0.1, 0.15) is 30.9 Å². The van der Waals surface area contributed by atoms with Crippen LogP contribution in [0.3, 0.4) is 0 Å². The van der Waals surface area contributed by atoms with E-state index in [1.165, 1.54) is 13.2 Å². The van der Waals surface area contributed by atoms with Crippen LogP contribution in [-0.2, 0) is 0 Å². The molecule has 94 valence electrons. The Balaban J connectivity index is 2.25. The lowest BCUT2D eigenvalue weighted by Crippen LogP contribution is -2.37. The van der Waals surface area contributed by atoms with Gasteiger partial charge in [-0.3, -0.25) is 0 Å². The van der Waals surface area contributed by atoms with Crippen LogP contribution in [0.5, 0.6) is 5.75 Å². The molecule has 0 amide bonds. The van der Waals surface area contributed by atoms with E-state index in [0.29, 0.717) is 5.75 Å². The molecule has 1 fully saturated rings. The number of hydrogen-bond donors (Lipinski definition) is 2. The lowest BCUT2D eigenvalue weighted by molar-refractivity contribution is 0.0398. The van der Waals surface area contributed by atoms with Crippen LogP contribution < -0.4 is 10.5 Å². The minimum atomic E-state index is -0.726. The summed E-state index contributed by atoms with van der Waals surface area (Å²) in [7, 11) is 1.47. The summed E-state index contributed by atoms with van der Waals surface area (Å²) >= 11 is 0. The zero-order valence-corrected chi connectivity index (χ0v) is 9.90. The lowest BCUT2D eigenvalue weighted by atomic mass is 9.77. The molecule has 0 saturated heterocycles. The first-order valence-electron chi connectivity index (χ1n) is 5.91. The van der Waals surface area contributed by atoms with Crippen LogP contribution in [0.25, 0.3) is 0 Å². The van der Waals surface area contributed by atoms with Crippen molar-refractivity contribution in [2.45, 2.75) is 31.4 Å². The summed E-state index contributed by atoms with van der Waals surface area (Å²) in [5.74, 6) is 0.167. The molecular weight excluding hydrogens is 221 g/mol. The Kier molecular flexibility index (Phi) is 3.64. The minimum Gasteiger partial charge on any atom is -0.496 e. The molecule has 17 heavy (non-hydrogen) atoms. The Morgan fingerprint density at radius 1 is 1.47 bits per heavy atom. The van der Waals surface area contributed by atoms with Gasteiger partial charge in [0.2, 0.25) is 0 Å². The van der Waals surface area contributed by atoms with E-state index in [1.807, 2.05) is 0 Å². The van der Waals surface area contributed by atoms with E-state index in [-0.39, 0.29) is 11.5 Å². The summed E-state index contributed by atoms with van der Waals surface area (Å²) in [4.78, 5) is 0. The predicted octanol–water partition coefficient (Wildman–Crippen LogP) is 2.00. The van der Waals surface area contributed by atoms with Gasteiger partial charge in [-0.15, -0.1) is 0 Å². The summed E-state index contributed by atoms with van der Waals surface area (Å²) in [6, 6.07) is 3.84. The van der Waals surface area contributed by atoms with Crippen LogP contribution >= 0.6 is 0 Å². The highest BCUT2D eigenvalue weighted by atomic mass is 19.1. The first-order valence-corrected chi connectivity index (χ1v) is 5.91. The summed E-state index contributed by atoms with van der Waals surface area (Å²) in [5, 5.41) is 10.1. The number of halogens is 1. The third-order valence-corrected chi connectivity index (χ3v) is 3.57. The molecule has 2 rings (SSSR count). The first-order chi connectivity index (χ1) is 8.15. The van der Waals surface area contributed by atoms with Crippen molar-refractivity contribution in [3.63, 3.8) is 0 Å². The number of ether oxygens (including phenoxy) is 1. The second-order valence-corrected chi connectivity index (χ2v) is 4.56. The second-order valence-electron chi connectivity index (χ2n) is 4.56. The largest absolute Gasteiger partial charge is 0.496 e. The molecule has 0 aromatic heterocycles. The average molecular weight is 239 g/mol. The Hall–Kier alpha value is -1.13. The molecule has 0 heterocycles. The van der Waals surface area contributed by atoms with Crippen molar-refractivity contribution < 1.29 is 14.2 Å². The Bertz CT molecular complexity index is 393. The van der Waals surface area contributed by atoms with Crippen LogP contribution in [-0.4, -0.2) is 18.3 Å². The van der Waals surface area contributed by atoms with Gasteiger partial charge in [0.15, 0.2) is 0 Å². The highest BCUT2D eigenvalue weighted by Gasteiger charge is 2.33. The van der Waals surface area contributed by atoms with Crippen LogP contribution in [0, 0.1) is 11.7 Å². The zero-order chi connectivity index (χ0) is 12.4. The van der Waals surface area contributed by atoms with Crippen molar-refractivity contribution in [2.24, 2.45) is 11.7 Å². The van der Waals surface area contributed by atoms with E-state index in [4.69, 9.17) is 10.5 Å². The standard InChI is InChI=1S/C13H18FNO2/c1-17-10-7-3-6-9(14)11(10)12(15)13(16)8-4-2-5-8/h3,6-8,12-13,16H,2,4-5,15H2,1H3/t12-,13+/m0/s1. The van der Waals surface area contributed by atoms with Crippen molar-refractivity contribution in [3.05, 3.63) is 29.6 Å². The van der Waals surface area contributed by atoms with Gasteiger partial charge in [-0.1, -0.05) is 12.5 Å². The average Bonchev–Trinajstić information content (AvgIpc) is 2.25. The maximum atomic E-state index is 13.8. The van der Waals surface area contributed by atoms with Crippen LogP contribution in [0.2, 0.25) is 0 Å². The maximum Gasteiger partial charge on any atom is 0.131 e. The number of benzene rings is 1. The topological polar surface area (TPSA) is 55.5 Å². The van der Waals surface area contributed by atoms with Gasteiger partial charge in [-0.05, 0) is 30.9 Å².